The molecular weight excluding hydrogens is 268 g/mol. The maximum absolute atomic E-state index is 11.9. The molecular formula is C16H24N2O3. The number of anilines is 1. The van der Waals surface area contributed by atoms with Crippen molar-refractivity contribution in [1.29, 1.82) is 0 Å². The number of hydrogen-bond donors (Lipinski definition) is 2. The van der Waals surface area contributed by atoms with Gasteiger partial charge < -0.3 is 20.1 Å². The van der Waals surface area contributed by atoms with Gasteiger partial charge in [-0.05, 0) is 30.7 Å². The topological polar surface area (TPSA) is 59.6 Å². The Morgan fingerprint density at radius 3 is 2.76 bits per heavy atom. The number of carbonyl (C=O) groups is 1. The Kier molecular flexibility index (Phi) is 6.02. The van der Waals surface area contributed by atoms with Crippen molar-refractivity contribution in [2.24, 2.45) is 5.92 Å². The van der Waals surface area contributed by atoms with Gasteiger partial charge in [0.15, 0.2) is 0 Å². The van der Waals surface area contributed by atoms with E-state index in [4.69, 9.17) is 9.47 Å². The van der Waals surface area contributed by atoms with Gasteiger partial charge in [-0.25, -0.2) is 0 Å². The quantitative estimate of drug-likeness (QED) is 0.755. The van der Waals surface area contributed by atoms with Crippen LogP contribution >= 0.6 is 0 Å². The number of amides is 1. The summed E-state index contributed by atoms with van der Waals surface area (Å²) in [5.41, 5.74) is 0.791. The number of ether oxygens (including phenoxy) is 2. The first-order valence-corrected chi connectivity index (χ1v) is 7.50. The van der Waals surface area contributed by atoms with E-state index in [1.54, 1.807) is 0 Å². The van der Waals surface area contributed by atoms with Gasteiger partial charge in [0, 0.05) is 24.9 Å². The van der Waals surface area contributed by atoms with Gasteiger partial charge in [0.2, 0.25) is 5.91 Å². The minimum Gasteiger partial charge on any atom is -0.492 e. The fourth-order valence-electron chi connectivity index (χ4n) is 2.14. The Balaban J connectivity index is 1.74. The second-order valence-corrected chi connectivity index (χ2v) is 5.53. The molecule has 1 aromatic carbocycles. The summed E-state index contributed by atoms with van der Waals surface area (Å²) in [4.78, 5) is 11.9. The number of nitrogens with one attached hydrogen (secondary N) is 2. The van der Waals surface area contributed by atoms with Crippen LogP contribution in [0, 0.1) is 5.92 Å². The first kappa shape index (κ1) is 15.8. The van der Waals surface area contributed by atoms with Gasteiger partial charge >= 0.3 is 0 Å². The van der Waals surface area contributed by atoms with Gasteiger partial charge in [0.25, 0.3) is 0 Å². The molecule has 1 aliphatic heterocycles. The lowest BCUT2D eigenvalue weighted by molar-refractivity contribution is -0.119. The van der Waals surface area contributed by atoms with E-state index in [-0.39, 0.29) is 11.8 Å². The molecule has 1 amide bonds. The zero-order valence-corrected chi connectivity index (χ0v) is 12.7. The van der Waals surface area contributed by atoms with Crippen LogP contribution in [0.1, 0.15) is 20.3 Å². The van der Waals surface area contributed by atoms with Crippen molar-refractivity contribution in [1.82, 2.24) is 5.32 Å². The maximum atomic E-state index is 11.9. The van der Waals surface area contributed by atoms with Crippen LogP contribution in [-0.4, -0.2) is 38.3 Å². The molecule has 0 radical (unpaired) electrons. The van der Waals surface area contributed by atoms with Crippen LogP contribution in [0.25, 0.3) is 0 Å². The Hall–Kier alpha value is -1.59. The average molecular weight is 292 g/mol. The summed E-state index contributed by atoms with van der Waals surface area (Å²) in [5.74, 6) is 0.813. The molecule has 0 aliphatic carbocycles. The second-order valence-electron chi connectivity index (χ2n) is 5.53. The van der Waals surface area contributed by atoms with Gasteiger partial charge in [0.05, 0.1) is 12.5 Å². The molecule has 1 unspecified atom stereocenters. The molecule has 21 heavy (non-hydrogen) atoms. The summed E-state index contributed by atoms with van der Waals surface area (Å²) < 4.78 is 10.8. The average Bonchev–Trinajstić information content (AvgIpc) is 2.99. The molecule has 1 aromatic rings. The van der Waals surface area contributed by atoms with Crippen LogP contribution in [0.5, 0.6) is 5.75 Å². The van der Waals surface area contributed by atoms with E-state index < -0.39 is 0 Å². The van der Waals surface area contributed by atoms with E-state index in [0.29, 0.717) is 25.9 Å². The number of benzene rings is 1. The van der Waals surface area contributed by atoms with Crippen molar-refractivity contribution in [3.05, 3.63) is 24.3 Å². The van der Waals surface area contributed by atoms with Crippen molar-refractivity contribution >= 4 is 11.6 Å². The van der Waals surface area contributed by atoms with Crippen LogP contribution in [0.2, 0.25) is 0 Å². The molecule has 1 atom stereocenters. The number of hydrogen-bond acceptors (Lipinski definition) is 4. The van der Waals surface area contributed by atoms with Crippen molar-refractivity contribution in [3.63, 3.8) is 0 Å². The summed E-state index contributed by atoms with van der Waals surface area (Å²) >= 11 is 0. The monoisotopic (exact) mass is 292 g/mol. The van der Waals surface area contributed by atoms with Gasteiger partial charge in [-0.15, -0.1) is 0 Å². The third kappa shape index (κ3) is 5.36. The summed E-state index contributed by atoms with van der Waals surface area (Å²) in [6.45, 7) is 6.85. The first-order chi connectivity index (χ1) is 10.1. The zero-order chi connectivity index (χ0) is 15.1. The molecule has 2 N–H and O–H groups in total. The van der Waals surface area contributed by atoms with E-state index >= 15 is 0 Å². The van der Waals surface area contributed by atoms with Crippen LogP contribution in [-0.2, 0) is 9.53 Å². The van der Waals surface area contributed by atoms with E-state index in [1.807, 2.05) is 24.3 Å². The smallest absolute Gasteiger partial charge is 0.229 e. The molecule has 1 fully saturated rings. The molecule has 0 saturated carbocycles. The third-order valence-electron chi connectivity index (χ3n) is 3.35. The summed E-state index contributed by atoms with van der Waals surface area (Å²) in [6.07, 6.45) is 0.801. The summed E-state index contributed by atoms with van der Waals surface area (Å²) in [5, 5.41) is 6.20. The lowest BCUT2D eigenvalue weighted by Crippen LogP contribution is -2.27. The standard InChI is InChI=1S/C16H24N2O3/c1-12(2)17-8-10-21-15-5-3-14(4-6-15)18-16(19)13-7-9-20-11-13/h3-6,12-13,17H,7-11H2,1-2H3,(H,18,19). The van der Waals surface area contributed by atoms with Crippen molar-refractivity contribution in [2.45, 2.75) is 26.3 Å². The van der Waals surface area contributed by atoms with Gasteiger partial charge in [-0.1, -0.05) is 13.8 Å². The van der Waals surface area contributed by atoms with E-state index in [2.05, 4.69) is 24.5 Å². The molecule has 2 rings (SSSR count). The van der Waals surface area contributed by atoms with Crippen LogP contribution in [0.15, 0.2) is 24.3 Å². The molecule has 5 heteroatoms. The largest absolute Gasteiger partial charge is 0.492 e. The SMILES string of the molecule is CC(C)NCCOc1ccc(NC(=O)C2CCOC2)cc1. The first-order valence-electron chi connectivity index (χ1n) is 7.50. The molecule has 1 heterocycles. The summed E-state index contributed by atoms with van der Waals surface area (Å²) in [7, 11) is 0. The number of carbonyl (C=O) groups excluding carboxylic acids is 1. The van der Waals surface area contributed by atoms with Crippen molar-refractivity contribution in [2.75, 3.05) is 31.7 Å². The normalized spacial score (nSPS) is 18.0. The summed E-state index contributed by atoms with van der Waals surface area (Å²) in [6, 6.07) is 7.93. The lowest BCUT2D eigenvalue weighted by Gasteiger charge is -2.11. The second kappa shape index (κ2) is 8.00. The Labute approximate surface area is 126 Å². The number of rotatable bonds is 7. The molecule has 0 bridgehead atoms. The maximum Gasteiger partial charge on any atom is 0.229 e. The fraction of sp³-hybridized carbons (Fsp3) is 0.562. The molecule has 5 nitrogen and oxygen atoms in total. The minimum atomic E-state index is -0.0250. The molecule has 1 saturated heterocycles. The molecule has 1 aliphatic rings. The molecule has 0 spiro atoms. The fourth-order valence-corrected chi connectivity index (χ4v) is 2.14. The van der Waals surface area contributed by atoms with E-state index in [0.717, 1.165) is 24.4 Å². The highest BCUT2D eigenvalue weighted by molar-refractivity contribution is 5.92. The highest BCUT2D eigenvalue weighted by Gasteiger charge is 2.23. The van der Waals surface area contributed by atoms with Gasteiger partial charge in [-0.2, -0.15) is 0 Å². The minimum absolute atomic E-state index is 0.0250. The highest BCUT2D eigenvalue weighted by atomic mass is 16.5. The van der Waals surface area contributed by atoms with E-state index in [9.17, 15) is 4.79 Å². The van der Waals surface area contributed by atoms with Crippen LogP contribution < -0.4 is 15.4 Å². The van der Waals surface area contributed by atoms with Crippen LogP contribution in [0.3, 0.4) is 0 Å². The van der Waals surface area contributed by atoms with Crippen molar-refractivity contribution < 1.29 is 14.3 Å². The Bertz CT molecular complexity index is 439. The Morgan fingerprint density at radius 1 is 1.38 bits per heavy atom. The van der Waals surface area contributed by atoms with Gasteiger partial charge in [0.1, 0.15) is 12.4 Å². The van der Waals surface area contributed by atoms with Crippen LogP contribution in [0.4, 0.5) is 5.69 Å². The van der Waals surface area contributed by atoms with E-state index in [1.165, 1.54) is 0 Å². The highest BCUT2D eigenvalue weighted by Crippen LogP contribution is 2.18. The Morgan fingerprint density at radius 2 is 2.14 bits per heavy atom. The molecule has 0 aromatic heterocycles. The lowest BCUT2D eigenvalue weighted by atomic mass is 10.1. The van der Waals surface area contributed by atoms with Crippen molar-refractivity contribution in [3.8, 4) is 5.75 Å². The van der Waals surface area contributed by atoms with Gasteiger partial charge in [-0.3, -0.25) is 4.79 Å². The predicted octanol–water partition coefficient (Wildman–Crippen LogP) is 2.04. The third-order valence-corrected chi connectivity index (χ3v) is 3.35. The predicted molar refractivity (Wildman–Crippen MR) is 82.6 cm³/mol. The zero-order valence-electron chi connectivity index (χ0n) is 12.7. The molecule has 116 valence electrons.